The zero-order chi connectivity index (χ0) is 34.3. The van der Waals surface area contributed by atoms with E-state index in [4.69, 9.17) is 14.7 Å². The minimum Gasteiger partial charge on any atom is -0.478 e. The summed E-state index contributed by atoms with van der Waals surface area (Å²) in [6.07, 6.45) is 1.60. The molecule has 0 spiro atoms. The van der Waals surface area contributed by atoms with Gasteiger partial charge in [0, 0.05) is 37.3 Å². The van der Waals surface area contributed by atoms with Crippen LogP contribution in [0.1, 0.15) is 44.0 Å². The molecular weight excluding hydrogens is 626 g/mol. The number of hydrogen-bond donors (Lipinski definition) is 1. The van der Waals surface area contributed by atoms with Crippen LogP contribution < -0.4 is 4.74 Å². The van der Waals surface area contributed by atoms with Crippen molar-refractivity contribution in [2.24, 2.45) is 0 Å². The molecule has 0 aliphatic rings. The lowest BCUT2D eigenvalue weighted by atomic mass is 10.0. The number of nitrogens with zero attached hydrogens (tertiary/aromatic N) is 4. The molecule has 6 aromatic rings. The summed E-state index contributed by atoms with van der Waals surface area (Å²) >= 11 is 0. The highest BCUT2D eigenvalue weighted by molar-refractivity contribution is 5.92. The summed E-state index contributed by atoms with van der Waals surface area (Å²) in [5.74, 6) is -1.20. The predicted molar refractivity (Wildman–Crippen MR) is 180 cm³/mol. The van der Waals surface area contributed by atoms with Gasteiger partial charge in [0.05, 0.1) is 40.5 Å². The van der Waals surface area contributed by atoms with E-state index in [1.54, 1.807) is 37.4 Å². The highest BCUT2D eigenvalue weighted by atomic mass is 19.1. The standard InChI is InChI=1S/C39H32F2N4O4/c1-48-16-15-45-36-21-30(39(46)47)13-14-34(36)43-37(45)22-28-11-12-29(20-33(28)41)35-18-26(8-7-25-5-3-2-4-6-25)19-38(44-35)49-24-31-10-9-27(23-42)17-32(31)40/h2-6,9-14,17-21H,7-8,15-16,22,24H2,1H3,(H,46,47). The Morgan fingerprint density at radius 3 is 2.39 bits per heavy atom. The first kappa shape index (κ1) is 33.0. The number of imidazole rings is 1. The van der Waals surface area contributed by atoms with Gasteiger partial charge in [-0.25, -0.2) is 23.5 Å². The van der Waals surface area contributed by atoms with Gasteiger partial charge >= 0.3 is 5.97 Å². The number of nitriles is 1. The van der Waals surface area contributed by atoms with Crippen molar-refractivity contribution in [3.63, 3.8) is 0 Å². The van der Waals surface area contributed by atoms with E-state index in [0.717, 1.165) is 23.6 Å². The molecule has 0 amide bonds. The Balaban J connectivity index is 1.29. The summed E-state index contributed by atoms with van der Waals surface area (Å²) < 4.78 is 43.5. The van der Waals surface area contributed by atoms with Crippen molar-refractivity contribution in [1.29, 1.82) is 5.26 Å². The number of aromatic carboxylic acids is 1. The third-order valence-electron chi connectivity index (χ3n) is 8.26. The molecule has 49 heavy (non-hydrogen) atoms. The van der Waals surface area contributed by atoms with Gasteiger partial charge in [-0.15, -0.1) is 0 Å². The number of carbonyl (C=O) groups is 1. The molecule has 2 heterocycles. The summed E-state index contributed by atoms with van der Waals surface area (Å²) in [4.78, 5) is 20.9. The second-order valence-corrected chi connectivity index (χ2v) is 11.6. The number of carboxylic acids is 1. The van der Waals surface area contributed by atoms with Crippen molar-refractivity contribution in [1.82, 2.24) is 14.5 Å². The maximum Gasteiger partial charge on any atom is 0.335 e. The number of pyridine rings is 1. The lowest BCUT2D eigenvalue weighted by Crippen LogP contribution is -2.10. The maximum absolute atomic E-state index is 15.8. The quantitative estimate of drug-likeness (QED) is 0.136. The Labute approximate surface area is 281 Å². The van der Waals surface area contributed by atoms with Crippen molar-refractivity contribution in [2.75, 3.05) is 13.7 Å². The molecule has 2 aromatic heterocycles. The summed E-state index contributed by atoms with van der Waals surface area (Å²) in [7, 11) is 1.58. The summed E-state index contributed by atoms with van der Waals surface area (Å²) in [5.41, 5.74) is 5.40. The molecule has 6 rings (SSSR count). The van der Waals surface area contributed by atoms with Crippen molar-refractivity contribution >= 4 is 17.0 Å². The van der Waals surface area contributed by atoms with Gasteiger partial charge in [0.15, 0.2) is 0 Å². The number of benzene rings is 4. The van der Waals surface area contributed by atoms with Crippen LogP contribution in [0, 0.1) is 23.0 Å². The van der Waals surface area contributed by atoms with E-state index >= 15 is 4.39 Å². The van der Waals surface area contributed by atoms with Gasteiger partial charge < -0.3 is 19.1 Å². The fourth-order valence-corrected chi connectivity index (χ4v) is 5.64. The number of fused-ring (bicyclic) bond motifs is 1. The van der Waals surface area contributed by atoms with E-state index in [-0.39, 0.29) is 35.6 Å². The lowest BCUT2D eigenvalue weighted by molar-refractivity contribution is 0.0697. The fourth-order valence-electron chi connectivity index (χ4n) is 5.64. The third kappa shape index (κ3) is 7.80. The monoisotopic (exact) mass is 658 g/mol. The van der Waals surface area contributed by atoms with E-state index in [9.17, 15) is 14.3 Å². The summed E-state index contributed by atoms with van der Waals surface area (Å²) in [5, 5.41) is 18.6. The maximum atomic E-state index is 15.8. The number of aromatic nitrogens is 3. The van der Waals surface area contributed by atoms with E-state index in [1.807, 2.05) is 34.9 Å². The van der Waals surface area contributed by atoms with Gasteiger partial charge in [0.1, 0.15) is 24.1 Å². The molecule has 10 heteroatoms. The van der Waals surface area contributed by atoms with Crippen LogP contribution in [0.2, 0.25) is 0 Å². The van der Waals surface area contributed by atoms with Gasteiger partial charge in [-0.3, -0.25) is 0 Å². The van der Waals surface area contributed by atoms with Crippen LogP contribution in [0.5, 0.6) is 5.88 Å². The van der Waals surface area contributed by atoms with Crippen LogP contribution in [-0.2, 0) is 37.2 Å². The van der Waals surface area contributed by atoms with Crippen LogP contribution in [0.15, 0.2) is 97.1 Å². The van der Waals surface area contributed by atoms with E-state index in [1.165, 1.54) is 24.3 Å². The number of methoxy groups -OCH3 is 1. The number of ether oxygens (including phenoxy) is 2. The molecule has 8 nitrogen and oxygen atoms in total. The number of rotatable bonds is 13. The minimum atomic E-state index is -1.04. The lowest BCUT2D eigenvalue weighted by Gasteiger charge is -2.13. The van der Waals surface area contributed by atoms with Crippen LogP contribution >= 0.6 is 0 Å². The Hall–Kier alpha value is -5.92. The van der Waals surface area contributed by atoms with Gasteiger partial charge in [-0.1, -0.05) is 48.5 Å². The largest absolute Gasteiger partial charge is 0.478 e. The topological polar surface area (TPSA) is 110 Å². The molecule has 0 atom stereocenters. The highest BCUT2D eigenvalue weighted by Gasteiger charge is 2.17. The van der Waals surface area contributed by atoms with E-state index in [2.05, 4.69) is 22.1 Å². The van der Waals surface area contributed by atoms with Crippen molar-refractivity contribution in [2.45, 2.75) is 32.4 Å². The number of carboxylic acid groups (broad SMARTS) is 1. The normalized spacial score (nSPS) is 11.1. The first-order chi connectivity index (χ1) is 23.8. The molecule has 0 fully saturated rings. The molecule has 246 valence electrons. The van der Waals surface area contributed by atoms with Crippen LogP contribution in [-0.4, -0.2) is 39.3 Å². The van der Waals surface area contributed by atoms with Crippen molar-refractivity contribution in [3.05, 3.63) is 148 Å². The molecule has 0 aliphatic heterocycles. The van der Waals surface area contributed by atoms with Gasteiger partial charge in [0.2, 0.25) is 5.88 Å². The number of halogens is 2. The molecule has 4 aromatic carbocycles. The molecule has 0 saturated heterocycles. The first-order valence-electron chi connectivity index (χ1n) is 15.7. The SMILES string of the molecule is COCCn1c(Cc2ccc(-c3cc(CCc4ccccc4)cc(OCc4ccc(C#N)cc4F)n3)cc2F)nc2ccc(C(=O)O)cc21. The van der Waals surface area contributed by atoms with Crippen LogP contribution in [0.3, 0.4) is 0 Å². The number of hydrogen-bond acceptors (Lipinski definition) is 6. The number of aryl methyl sites for hydroxylation is 2. The second kappa shape index (κ2) is 14.9. The van der Waals surface area contributed by atoms with Gasteiger partial charge in [-0.2, -0.15) is 5.26 Å². The Kier molecular flexibility index (Phi) is 10.0. The Morgan fingerprint density at radius 2 is 1.65 bits per heavy atom. The molecule has 1 N–H and O–H groups in total. The van der Waals surface area contributed by atoms with E-state index in [0.29, 0.717) is 53.3 Å². The van der Waals surface area contributed by atoms with E-state index < -0.39 is 17.6 Å². The second-order valence-electron chi connectivity index (χ2n) is 11.6. The van der Waals surface area contributed by atoms with Gasteiger partial charge in [0.25, 0.3) is 0 Å². The third-order valence-corrected chi connectivity index (χ3v) is 8.26. The van der Waals surface area contributed by atoms with Crippen LogP contribution in [0.25, 0.3) is 22.3 Å². The van der Waals surface area contributed by atoms with Crippen LogP contribution in [0.4, 0.5) is 8.78 Å². The summed E-state index contributed by atoms with van der Waals surface area (Å²) in [6.45, 7) is 0.684. The fraction of sp³-hybridized carbons (Fsp3) is 0.179. The zero-order valence-corrected chi connectivity index (χ0v) is 26.7. The molecule has 0 bridgehead atoms. The Morgan fingerprint density at radius 1 is 0.878 bits per heavy atom. The molecule has 0 unspecified atom stereocenters. The smallest absolute Gasteiger partial charge is 0.335 e. The molecular formula is C39H32F2N4O4. The molecule has 0 radical (unpaired) electrons. The van der Waals surface area contributed by atoms with Gasteiger partial charge in [-0.05, 0) is 72.0 Å². The predicted octanol–water partition coefficient (Wildman–Crippen LogP) is 7.55. The minimum absolute atomic E-state index is 0.0998. The molecule has 0 saturated carbocycles. The average Bonchev–Trinajstić information content (AvgIpc) is 3.46. The average molecular weight is 659 g/mol. The zero-order valence-electron chi connectivity index (χ0n) is 26.7. The highest BCUT2D eigenvalue weighted by Crippen LogP contribution is 2.28. The first-order valence-corrected chi connectivity index (χ1v) is 15.7. The van der Waals surface area contributed by atoms with Crippen molar-refractivity contribution < 1.29 is 28.2 Å². The Bertz CT molecular complexity index is 2180. The molecule has 0 aliphatic carbocycles. The van der Waals surface area contributed by atoms with Crippen molar-refractivity contribution in [3.8, 4) is 23.2 Å². The summed E-state index contributed by atoms with van der Waals surface area (Å²) in [6, 6.07) is 29.5.